The van der Waals surface area contributed by atoms with Gasteiger partial charge in [0.1, 0.15) is 5.82 Å². The standard InChI is InChI=1S/C15H21FO3/c1-5-19-13(17)14(2,3)15(4,18)10-11-8-6-7-9-12(11)16/h6-9,18H,5,10H2,1-4H3. The summed E-state index contributed by atoms with van der Waals surface area (Å²) in [6, 6.07) is 6.23. The van der Waals surface area contributed by atoms with Crippen LogP contribution in [0.15, 0.2) is 24.3 Å². The van der Waals surface area contributed by atoms with E-state index in [1.54, 1.807) is 39.0 Å². The average molecular weight is 268 g/mol. The summed E-state index contributed by atoms with van der Waals surface area (Å²) in [6.07, 6.45) is 0.0471. The third-order valence-corrected chi connectivity index (χ3v) is 3.62. The number of carbonyl (C=O) groups is 1. The number of esters is 1. The fraction of sp³-hybridized carbons (Fsp3) is 0.533. The van der Waals surface area contributed by atoms with Crippen molar-refractivity contribution in [3.63, 3.8) is 0 Å². The van der Waals surface area contributed by atoms with Gasteiger partial charge in [-0.3, -0.25) is 4.79 Å². The number of benzene rings is 1. The first-order valence-corrected chi connectivity index (χ1v) is 6.35. The van der Waals surface area contributed by atoms with Crippen LogP contribution in [0.2, 0.25) is 0 Å². The second-order valence-corrected chi connectivity index (χ2v) is 5.39. The summed E-state index contributed by atoms with van der Waals surface area (Å²) >= 11 is 0. The molecule has 106 valence electrons. The predicted molar refractivity (Wildman–Crippen MR) is 71.1 cm³/mol. The fourth-order valence-electron chi connectivity index (χ4n) is 1.76. The highest BCUT2D eigenvalue weighted by atomic mass is 19.1. The maximum atomic E-state index is 13.6. The molecule has 0 aliphatic rings. The molecule has 1 N–H and O–H groups in total. The van der Waals surface area contributed by atoms with E-state index >= 15 is 0 Å². The van der Waals surface area contributed by atoms with Crippen LogP contribution in [0.1, 0.15) is 33.3 Å². The monoisotopic (exact) mass is 268 g/mol. The first-order valence-electron chi connectivity index (χ1n) is 6.35. The highest BCUT2D eigenvalue weighted by molar-refractivity contribution is 5.77. The van der Waals surface area contributed by atoms with Crippen molar-refractivity contribution < 1.29 is 19.0 Å². The van der Waals surface area contributed by atoms with Gasteiger partial charge in [-0.1, -0.05) is 18.2 Å². The Balaban J connectivity index is 2.97. The van der Waals surface area contributed by atoms with Crippen molar-refractivity contribution in [2.75, 3.05) is 6.61 Å². The second-order valence-electron chi connectivity index (χ2n) is 5.39. The van der Waals surface area contributed by atoms with Crippen LogP contribution in [-0.2, 0) is 16.0 Å². The lowest BCUT2D eigenvalue weighted by atomic mass is 9.72. The molecule has 3 nitrogen and oxygen atoms in total. The Morgan fingerprint density at radius 3 is 2.42 bits per heavy atom. The van der Waals surface area contributed by atoms with E-state index in [1.165, 1.54) is 13.0 Å². The molecule has 0 aromatic heterocycles. The van der Waals surface area contributed by atoms with E-state index in [-0.39, 0.29) is 18.8 Å². The van der Waals surface area contributed by atoms with Crippen LogP contribution in [0, 0.1) is 11.2 Å². The largest absolute Gasteiger partial charge is 0.465 e. The SMILES string of the molecule is CCOC(=O)C(C)(C)C(C)(O)Cc1ccccc1F. The van der Waals surface area contributed by atoms with E-state index in [0.29, 0.717) is 5.56 Å². The molecule has 0 aliphatic heterocycles. The number of carbonyl (C=O) groups excluding carboxylic acids is 1. The van der Waals surface area contributed by atoms with Crippen molar-refractivity contribution >= 4 is 5.97 Å². The van der Waals surface area contributed by atoms with Crippen molar-refractivity contribution in [2.45, 2.75) is 39.7 Å². The van der Waals surface area contributed by atoms with Gasteiger partial charge < -0.3 is 9.84 Å². The summed E-state index contributed by atoms with van der Waals surface area (Å²) in [4.78, 5) is 11.9. The summed E-state index contributed by atoms with van der Waals surface area (Å²) in [5, 5.41) is 10.5. The Morgan fingerprint density at radius 1 is 1.32 bits per heavy atom. The van der Waals surface area contributed by atoms with Crippen molar-refractivity contribution in [3.8, 4) is 0 Å². The van der Waals surface area contributed by atoms with Crippen molar-refractivity contribution in [3.05, 3.63) is 35.6 Å². The van der Waals surface area contributed by atoms with E-state index in [2.05, 4.69) is 0 Å². The van der Waals surface area contributed by atoms with E-state index in [0.717, 1.165) is 0 Å². The summed E-state index contributed by atoms with van der Waals surface area (Å²) in [7, 11) is 0. The number of halogens is 1. The normalized spacial score (nSPS) is 14.8. The number of aliphatic hydroxyl groups is 1. The molecule has 0 saturated carbocycles. The lowest BCUT2D eigenvalue weighted by molar-refractivity contribution is -0.168. The van der Waals surface area contributed by atoms with Crippen molar-refractivity contribution in [1.82, 2.24) is 0 Å². The molecule has 0 saturated heterocycles. The van der Waals surface area contributed by atoms with Gasteiger partial charge in [-0.2, -0.15) is 0 Å². The fourth-order valence-corrected chi connectivity index (χ4v) is 1.76. The molecule has 1 unspecified atom stereocenters. The predicted octanol–water partition coefficient (Wildman–Crippen LogP) is 2.71. The molecule has 1 aromatic carbocycles. The molecular weight excluding hydrogens is 247 g/mol. The lowest BCUT2D eigenvalue weighted by Crippen LogP contribution is -2.49. The average Bonchev–Trinajstić information content (AvgIpc) is 2.32. The minimum atomic E-state index is -1.40. The van der Waals surface area contributed by atoms with Gasteiger partial charge in [0.25, 0.3) is 0 Å². The summed E-state index contributed by atoms with van der Waals surface area (Å²) in [5.74, 6) is -0.876. The quantitative estimate of drug-likeness (QED) is 0.835. The van der Waals surface area contributed by atoms with Gasteiger partial charge >= 0.3 is 5.97 Å². The molecule has 1 atom stereocenters. The molecule has 0 aliphatic carbocycles. The molecule has 1 aromatic rings. The van der Waals surface area contributed by atoms with Crippen LogP contribution >= 0.6 is 0 Å². The molecule has 0 amide bonds. The first-order chi connectivity index (χ1) is 8.72. The summed E-state index contributed by atoms with van der Waals surface area (Å²) < 4.78 is 18.6. The Morgan fingerprint density at radius 2 is 1.89 bits per heavy atom. The highest BCUT2D eigenvalue weighted by Crippen LogP contribution is 2.35. The molecule has 0 spiro atoms. The van der Waals surface area contributed by atoms with Gasteiger partial charge in [0.05, 0.1) is 17.6 Å². The first kappa shape index (κ1) is 15.6. The molecule has 0 radical (unpaired) electrons. The maximum absolute atomic E-state index is 13.6. The van der Waals surface area contributed by atoms with E-state index < -0.39 is 17.0 Å². The molecule has 1 rings (SSSR count). The zero-order chi connectivity index (χ0) is 14.7. The second kappa shape index (κ2) is 5.70. The minimum absolute atomic E-state index is 0.0471. The van der Waals surface area contributed by atoms with Gasteiger partial charge in [-0.05, 0) is 39.3 Å². The molecule has 19 heavy (non-hydrogen) atoms. The Hall–Kier alpha value is -1.42. The van der Waals surface area contributed by atoms with Crippen LogP contribution < -0.4 is 0 Å². The highest BCUT2D eigenvalue weighted by Gasteiger charge is 2.46. The van der Waals surface area contributed by atoms with Gasteiger partial charge in [0, 0.05) is 6.42 Å². The van der Waals surface area contributed by atoms with Crippen LogP contribution in [0.25, 0.3) is 0 Å². The van der Waals surface area contributed by atoms with E-state index in [4.69, 9.17) is 4.74 Å². The van der Waals surface area contributed by atoms with Crippen LogP contribution in [0.4, 0.5) is 4.39 Å². The van der Waals surface area contributed by atoms with Gasteiger partial charge in [-0.15, -0.1) is 0 Å². The minimum Gasteiger partial charge on any atom is -0.465 e. The van der Waals surface area contributed by atoms with E-state index in [9.17, 15) is 14.3 Å². The van der Waals surface area contributed by atoms with Crippen LogP contribution in [0.5, 0.6) is 0 Å². The Bertz CT molecular complexity index is 452. The number of hydrogen-bond donors (Lipinski definition) is 1. The van der Waals surface area contributed by atoms with Gasteiger partial charge in [0.15, 0.2) is 0 Å². The van der Waals surface area contributed by atoms with Crippen LogP contribution in [0.3, 0.4) is 0 Å². The van der Waals surface area contributed by atoms with Crippen molar-refractivity contribution in [2.24, 2.45) is 5.41 Å². The number of hydrogen-bond acceptors (Lipinski definition) is 3. The zero-order valence-corrected chi connectivity index (χ0v) is 11.9. The number of rotatable bonds is 5. The molecule has 0 fully saturated rings. The Kier molecular flexibility index (Phi) is 4.69. The number of ether oxygens (including phenoxy) is 1. The smallest absolute Gasteiger partial charge is 0.314 e. The molecule has 0 heterocycles. The molecule has 0 bridgehead atoms. The Labute approximate surface area is 113 Å². The topological polar surface area (TPSA) is 46.5 Å². The summed E-state index contributed by atoms with van der Waals surface area (Å²) in [5.41, 5.74) is -2.14. The molecule has 4 heteroatoms. The van der Waals surface area contributed by atoms with Crippen LogP contribution in [-0.4, -0.2) is 23.3 Å². The zero-order valence-electron chi connectivity index (χ0n) is 11.9. The maximum Gasteiger partial charge on any atom is 0.314 e. The molecular formula is C15H21FO3. The third kappa shape index (κ3) is 3.32. The van der Waals surface area contributed by atoms with Crippen molar-refractivity contribution in [1.29, 1.82) is 0 Å². The van der Waals surface area contributed by atoms with E-state index in [1.807, 2.05) is 0 Å². The summed E-state index contributed by atoms with van der Waals surface area (Å²) in [6.45, 7) is 6.69. The lowest BCUT2D eigenvalue weighted by Gasteiger charge is -2.38. The van der Waals surface area contributed by atoms with Gasteiger partial charge in [-0.25, -0.2) is 4.39 Å². The third-order valence-electron chi connectivity index (χ3n) is 3.62. The van der Waals surface area contributed by atoms with Gasteiger partial charge in [0.2, 0.25) is 0 Å².